The van der Waals surface area contributed by atoms with Gasteiger partial charge in [0, 0.05) is 0 Å². The lowest BCUT2D eigenvalue weighted by Gasteiger charge is -2.16. The van der Waals surface area contributed by atoms with Crippen molar-refractivity contribution in [3.8, 4) is 0 Å². The van der Waals surface area contributed by atoms with Crippen molar-refractivity contribution in [3.63, 3.8) is 0 Å². The van der Waals surface area contributed by atoms with Gasteiger partial charge in [-0.1, -0.05) is 31.2 Å². The third-order valence-corrected chi connectivity index (χ3v) is 4.11. The van der Waals surface area contributed by atoms with Crippen molar-refractivity contribution in [2.45, 2.75) is 24.8 Å². The number of aliphatic hydroxyl groups excluding tert-OH is 1. The fourth-order valence-corrected chi connectivity index (χ4v) is 0. The largest absolute Gasteiger partial charge is 0.381 e. The molecule has 0 aliphatic rings. The number of aliphatic hydroxyl groups is 1. The molecule has 1 nitrogen and oxygen atoms in total. The quantitative estimate of drug-likeness (QED) is 0.429. The first-order valence-corrected chi connectivity index (χ1v) is 6.28. The molecular weight excluding hydrogens is 128 g/mol. The summed E-state index contributed by atoms with van der Waals surface area (Å²) in [6, 6.07) is 0. The third-order valence-electron chi connectivity index (χ3n) is 0.715. The maximum absolute atomic E-state index is 8.72. The maximum atomic E-state index is 8.72. The molecule has 0 aromatic rings. The van der Waals surface area contributed by atoms with E-state index in [1.54, 1.807) is 0 Å². The first-order valence-electron chi connectivity index (χ1n) is 2.27. The zero-order valence-corrected chi connectivity index (χ0v) is 6.66. The molecule has 7 heavy (non-hydrogen) atoms. The summed E-state index contributed by atoms with van der Waals surface area (Å²) in [5.41, 5.74) is 0. The second-order valence-corrected chi connectivity index (χ2v) is 8.76. The van der Waals surface area contributed by atoms with Gasteiger partial charge < -0.3 is 5.11 Å². The average Bonchev–Trinajstić information content (AvgIpc) is 1.31. The Morgan fingerprint density at radius 3 is 1.57 bits per heavy atom. The highest BCUT2D eigenvalue weighted by atomic mass is 35.5. The molecule has 0 aliphatic carbocycles. The molecule has 44 valence electrons. The van der Waals surface area contributed by atoms with Crippen molar-refractivity contribution in [3.05, 3.63) is 0 Å². The van der Waals surface area contributed by atoms with E-state index >= 15 is 0 Å². The van der Waals surface area contributed by atoms with Crippen LogP contribution >= 0.6 is 11.6 Å². The van der Waals surface area contributed by atoms with E-state index in [1.807, 2.05) is 19.6 Å². The average molecular weight is 139 g/mol. The highest BCUT2D eigenvalue weighted by Crippen LogP contribution is 2.09. The van der Waals surface area contributed by atoms with Gasteiger partial charge in [0.15, 0.2) is 0 Å². The Kier molecular flexibility index (Phi) is 2.30. The van der Waals surface area contributed by atoms with Crippen molar-refractivity contribution < 1.29 is 5.11 Å². The monoisotopic (exact) mass is 138 g/mol. The molecule has 3 heteroatoms. The maximum Gasteiger partial charge on any atom is 0.114 e. The fourth-order valence-electron chi connectivity index (χ4n) is 0. The minimum Gasteiger partial charge on any atom is -0.381 e. The molecule has 0 heterocycles. The van der Waals surface area contributed by atoms with E-state index in [2.05, 4.69) is 0 Å². The Morgan fingerprint density at radius 1 is 1.43 bits per heavy atom. The van der Waals surface area contributed by atoms with Gasteiger partial charge in [-0.2, -0.15) is 0 Å². The SMILES string of the molecule is C[Si](C)(C)C(O)Cl. The van der Waals surface area contributed by atoms with E-state index in [1.165, 1.54) is 0 Å². The van der Waals surface area contributed by atoms with Crippen LogP contribution in [0.1, 0.15) is 0 Å². The van der Waals surface area contributed by atoms with Crippen molar-refractivity contribution in [2.24, 2.45) is 0 Å². The van der Waals surface area contributed by atoms with Gasteiger partial charge >= 0.3 is 0 Å². The number of alkyl halides is 1. The molecule has 0 bridgehead atoms. The summed E-state index contributed by atoms with van der Waals surface area (Å²) in [7, 11) is -1.41. The number of hydrogen-bond acceptors (Lipinski definition) is 1. The zero-order valence-electron chi connectivity index (χ0n) is 4.90. The topological polar surface area (TPSA) is 20.2 Å². The highest BCUT2D eigenvalue weighted by Gasteiger charge is 2.21. The highest BCUT2D eigenvalue weighted by molar-refractivity contribution is 6.83. The van der Waals surface area contributed by atoms with Gasteiger partial charge in [0.2, 0.25) is 0 Å². The van der Waals surface area contributed by atoms with Gasteiger partial charge in [0.25, 0.3) is 0 Å². The van der Waals surface area contributed by atoms with E-state index in [4.69, 9.17) is 16.7 Å². The first kappa shape index (κ1) is 7.47. The van der Waals surface area contributed by atoms with Crippen LogP contribution in [0.2, 0.25) is 19.6 Å². The Hall–Kier alpha value is 0.467. The minimum atomic E-state index is -1.41. The molecule has 0 aliphatic heterocycles. The molecule has 0 radical (unpaired) electrons. The van der Waals surface area contributed by atoms with Crippen LogP contribution in [0.15, 0.2) is 0 Å². The van der Waals surface area contributed by atoms with Gasteiger partial charge in [-0.15, -0.1) is 0 Å². The molecule has 0 aromatic heterocycles. The molecule has 0 aromatic carbocycles. The van der Waals surface area contributed by atoms with Crippen molar-refractivity contribution in [1.29, 1.82) is 0 Å². The second kappa shape index (κ2) is 2.16. The van der Waals surface area contributed by atoms with Crippen LogP contribution in [0, 0.1) is 0 Å². The molecule has 0 spiro atoms. The van der Waals surface area contributed by atoms with Crippen LogP contribution in [0.4, 0.5) is 0 Å². The third kappa shape index (κ3) is 3.09. The molecular formula is C4H11ClOSi. The lowest BCUT2D eigenvalue weighted by Crippen LogP contribution is -2.33. The van der Waals surface area contributed by atoms with Crippen LogP contribution < -0.4 is 0 Å². The van der Waals surface area contributed by atoms with Crippen molar-refractivity contribution in [1.82, 2.24) is 0 Å². The summed E-state index contributed by atoms with van der Waals surface area (Å²) in [5.74, 6) is 0. The van der Waals surface area contributed by atoms with E-state index in [9.17, 15) is 0 Å². The van der Waals surface area contributed by atoms with Crippen molar-refractivity contribution >= 4 is 19.7 Å². The first-order chi connectivity index (χ1) is 2.94. The lowest BCUT2D eigenvalue weighted by molar-refractivity contribution is 0.321. The molecule has 1 atom stereocenters. The molecule has 0 amide bonds. The predicted octanol–water partition coefficient (Wildman–Crippen LogP) is 1.42. The predicted molar refractivity (Wildman–Crippen MR) is 35.2 cm³/mol. The van der Waals surface area contributed by atoms with Gasteiger partial charge in [-0.3, -0.25) is 0 Å². The van der Waals surface area contributed by atoms with Crippen LogP contribution in [-0.4, -0.2) is 18.4 Å². The fraction of sp³-hybridized carbons (Fsp3) is 1.00. The van der Waals surface area contributed by atoms with E-state index in [0.29, 0.717) is 0 Å². The van der Waals surface area contributed by atoms with E-state index in [0.717, 1.165) is 0 Å². The van der Waals surface area contributed by atoms with Gasteiger partial charge in [-0.25, -0.2) is 0 Å². The summed E-state index contributed by atoms with van der Waals surface area (Å²) in [4.78, 5) is 0. The zero-order chi connectivity index (χ0) is 6.08. The summed E-state index contributed by atoms with van der Waals surface area (Å²) in [6.07, 6.45) is 0. The second-order valence-electron chi connectivity index (χ2n) is 2.70. The van der Waals surface area contributed by atoms with E-state index in [-0.39, 0.29) is 0 Å². The van der Waals surface area contributed by atoms with E-state index < -0.39 is 13.3 Å². The van der Waals surface area contributed by atoms with Crippen LogP contribution in [0.3, 0.4) is 0 Å². The normalized spacial score (nSPS) is 16.7. The summed E-state index contributed by atoms with van der Waals surface area (Å²) >= 11 is 5.37. The molecule has 0 fully saturated rings. The number of hydrogen-bond donors (Lipinski definition) is 1. The number of halogens is 1. The molecule has 0 rings (SSSR count). The Balaban J connectivity index is 3.54. The molecule has 0 saturated heterocycles. The summed E-state index contributed by atoms with van der Waals surface area (Å²) < 4.78 is 0. The van der Waals surface area contributed by atoms with Crippen LogP contribution in [0.25, 0.3) is 0 Å². The molecule has 1 N–H and O–H groups in total. The van der Waals surface area contributed by atoms with Crippen LogP contribution in [-0.2, 0) is 0 Å². The number of rotatable bonds is 1. The smallest absolute Gasteiger partial charge is 0.114 e. The standard InChI is InChI=1S/C4H11ClOSi/c1-7(2,3)4(5)6/h4,6H,1-3H3. The summed E-state index contributed by atoms with van der Waals surface area (Å²) in [5, 5.41) is 8.13. The summed E-state index contributed by atoms with van der Waals surface area (Å²) in [6.45, 7) is 6.06. The Labute approximate surface area is 50.3 Å². The molecule has 0 saturated carbocycles. The van der Waals surface area contributed by atoms with Gasteiger partial charge in [0.1, 0.15) is 5.19 Å². The van der Waals surface area contributed by atoms with Gasteiger partial charge in [-0.05, 0) is 0 Å². The Bertz CT molecular complexity index is 57.2. The minimum absolute atomic E-state index is 0.590. The van der Waals surface area contributed by atoms with Crippen molar-refractivity contribution in [2.75, 3.05) is 0 Å². The van der Waals surface area contributed by atoms with Crippen LogP contribution in [0.5, 0.6) is 0 Å². The molecule has 1 unspecified atom stereocenters. The Morgan fingerprint density at radius 2 is 1.57 bits per heavy atom. The van der Waals surface area contributed by atoms with Gasteiger partial charge in [0.05, 0.1) is 8.07 Å². The lowest BCUT2D eigenvalue weighted by atomic mass is 11.6.